The first kappa shape index (κ1) is 13.8. The fraction of sp³-hybridized carbons (Fsp3) is 0.500. The molecule has 104 valence electrons. The number of hydrogen-bond acceptors (Lipinski definition) is 2. The van der Waals surface area contributed by atoms with Gasteiger partial charge in [-0.2, -0.15) is 0 Å². The number of halogens is 2. The van der Waals surface area contributed by atoms with Gasteiger partial charge in [-0.05, 0) is 12.0 Å². The maximum atomic E-state index is 13.2. The quantitative estimate of drug-likeness (QED) is 0.823. The van der Waals surface area contributed by atoms with Crippen LogP contribution in [0, 0.1) is 0 Å². The summed E-state index contributed by atoms with van der Waals surface area (Å²) >= 11 is 0. The minimum atomic E-state index is -2.66. The minimum Gasteiger partial charge on any atom is -0.445 e. The van der Waals surface area contributed by atoms with Crippen molar-refractivity contribution in [1.82, 2.24) is 4.90 Å². The molecule has 3 nitrogen and oxygen atoms in total. The molecule has 2 rings (SSSR count). The van der Waals surface area contributed by atoms with Gasteiger partial charge in [0.25, 0.3) is 0 Å². The largest absolute Gasteiger partial charge is 0.445 e. The van der Waals surface area contributed by atoms with Gasteiger partial charge in [0, 0.05) is 25.9 Å². The van der Waals surface area contributed by atoms with Crippen LogP contribution in [0.3, 0.4) is 0 Å². The first-order chi connectivity index (χ1) is 9.07. The van der Waals surface area contributed by atoms with Crippen LogP contribution in [0.15, 0.2) is 30.3 Å². The number of nitrogens with zero attached hydrogens (tertiary/aromatic N) is 1. The van der Waals surface area contributed by atoms with E-state index in [4.69, 9.17) is 4.74 Å². The summed E-state index contributed by atoms with van der Waals surface area (Å²) in [5.74, 6) is -2.66. The number of hydrogen-bond donors (Lipinski definition) is 0. The summed E-state index contributed by atoms with van der Waals surface area (Å²) in [4.78, 5) is 13.2. The van der Waals surface area contributed by atoms with Crippen molar-refractivity contribution in [3.63, 3.8) is 0 Å². The molecular weight excluding hydrogens is 252 g/mol. The van der Waals surface area contributed by atoms with Crippen LogP contribution < -0.4 is 0 Å². The van der Waals surface area contributed by atoms with Gasteiger partial charge in [-0.1, -0.05) is 30.3 Å². The first-order valence-electron chi connectivity index (χ1n) is 6.40. The van der Waals surface area contributed by atoms with Crippen molar-refractivity contribution in [2.45, 2.75) is 31.8 Å². The molecule has 0 saturated carbocycles. The van der Waals surface area contributed by atoms with Crippen molar-refractivity contribution < 1.29 is 18.3 Å². The molecule has 1 fully saturated rings. The van der Waals surface area contributed by atoms with Gasteiger partial charge in [0.15, 0.2) is 0 Å². The highest BCUT2D eigenvalue weighted by molar-refractivity contribution is 5.67. The van der Waals surface area contributed by atoms with E-state index in [2.05, 4.69) is 0 Å². The Bertz CT molecular complexity index is 423. The average Bonchev–Trinajstić information content (AvgIpc) is 2.58. The topological polar surface area (TPSA) is 29.5 Å². The van der Waals surface area contributed by atoms with Crippen LogP contribution in [0.4, 0.5) is 13.6 Å². The second-order valence-corrected chi connectivity index (χ2v) is 4.74. The van der Waals surface area contributed by atoms with Gasteiger partial charge in [-0.3, -0.25) is 0 Å². The Labute approximate surface area is 111 Å². The molecule has 0 atom stereocenters. The van der Waals surface area contributed by atoms with Gasteiger partial charge < -0.3 is 9.64 Å². The van der Waals surface area contributed by atoms with Crippen LogP contribution in [0.25, 0.3) is 0 Å². The van der Waals surface area contributed by atoms with Crippen molar-refractivity contribution in [2.75, 3.05) is 13.1 Å². The number of alkyl halides is 2. The maximum absolute atomic E-state index is 13.2. The molecule has 1 aromatic rings. The lowest BCUT2D eigenvalue weighted by Gasteiger charge is -2.20. The maximum Gasteiger partial charge on any atom is 0.410 e. The van der Waals surface area contributed by atoms with Crippen LogP contribution in [0.2, 0.25) is 0 Å². The molecule has 0 spiro atoms. The van der Waals surface area contributed by atoms with Crippen LogP contribution >= 0.6 is 0 Å². The van der Waals surface area contributed by atoms with Crippen molar-refractivity contribution >= 4 is 6.09 Å². The highest BCUT2D eigenvalue weighted by atomic mass is 19.3. The summed E-state index contributed by atoms with van der Waals surface area (Å²) in [6.07, 6.45) is -0.641. The number of benzene rings is 1. The van der Waals surface area contributed by atoms with Crippen LogP contribution in [0.1, 0.15) is 24.8 Å². The summed E-state index contributed by atoms with van der Waals surface area (Å²) < 4.78 is 31.5. The number of carbonyl (C=O) groups excluding carboxylic acids is 1. The Balaban J connectivity index is 1.83. The second-order valence-electron chi connectivity index (χ2n) is 4.74. The summed E-state index contributed by atoms with van der Waals surface area (Å²) in [6, 6.07) is 9.29. The molecular formula is C14H17F2NO2. The standard InChI is InChI=1S/C14H17F2NO2/c15-14(16)7-4-9-17(10-8-14)13(18)19-11-12-5-2-1-3-6-12/h1-3,5-6H,4,7-11H2. The third-order valence-corrected chi connectivity index (χ3v) is 3.18. The van der Waals surface area contributed by atoms with Crippen molar-refractivity contribution in [3.8, 4) is 0 Å². The van der Waals surface area contributed by atoms with Crippen LogP contribution in [-0.2, 0) is 11.3 Å². The van der Waals surface area contributed by atoms with Crippen LogP contribution in [0.5, 0.6) is 0 Å². The molecule has 0 unspecified atom stereocenters. The first-order valence-corrected chi connectivity index (χ1v) is 6.40. The Morgan fingerprint density at radius 3 is 2.68 bits per heavy atom. The van der Waals surface area contributed by atoms with E-state index in [9.17, 15) is 13.6 Å². The smallest absolute Gasteiger partial charge is 0.410 e. The average molecular weight is 269 g/mol. The monoisotopic (exact) mass is 269 g/mol. The highest BCUT2D eigenvalue weighted by Crippen LogP contribution is 2.27. The zero-order valence-electron chi connectivity index (χ0n) is 10.6. The van der Waals surface area contributed by atoms with E-state index in [1.54, 1.807) is 0 Å². The summed E-state index contributed by atoms with van der Waals surface area (Å²) in [7, 11) is 0. The van der Waals surface area contributed by atoms with Gasteiger partial charge in [0.2, 0.25) is 5.92 Å². The lowest BCUT2D eigenvalue weighted by Crippen LogP contribution is -2.33. The Morgan fingerprint density at radius 1 is 1.21 bits per heavy atom. The van der Waals surface area contributed by atoms with Gasteiger partial charge in [-0.15, -0.1) is 0 Å². The van der Waals surface area contributed by atoms with E-state index < -0.39 is 12.0 Å². The molecule has 0 radical (unpaired) electrons. The van der Waals surface area contributed by atoms with Crippen LogP contribution in [-0.4, -0.2) is 30.0 Å². The molecule has 1 aromatic carbocycles. The zero-order valence-corrected chi connectivity index (χ0v) is 10.6. The number of carbonyl (C=O) groups is 1. The predicted octanol–water partition coefficient (Wildman–Crippen LogP) is 3.44. The van der Waals surface area contributed by atoms with Gasteiger partial charge in [-0.25, -0.2) is 13.6 Å². The molecule has 0 aromatic heterocycles. The Hall–Kier alpha value is -1.65. The summed E-state index contributed by atoms with van der Waals surface area (Å²) in [5.41, 5.74) is 0.885. The minimum absolute atomic E-state index is 0.0562. The Morgan fingerprint density at radius 2 is 1.95 bits per heavy atom. The molecule has 0 bridgehead atoms. The number of ether oxygens (including phenoxy) is 1. The summed E-state index contributed by atoms with van der Waals surface area (Å²) in [6.45, 7) is 0.566. The lowest BCUT2D eigenvalue weighted by molar-refractivity contribution is -0.0130. The highest BCUT2D eigenvalue weighted by Gasteiger charge is 2.33. The van der Waals surface area contributed by atoms with Crippen molar-refractivity contribution in [3.05, 3.63) is 35.9 Å². The fourth-order valence-electron chi connectivity index (χ4n) is 2.06. The van der Waals surface area contributed by atoms with Crippen molar-refractivity contribution in [1.29, 1.82) is 0 Å². The van der Waals surface area contributed by atoms with Crippen molar-refractivity contribution in [2.24, 2.45) is 0 Å². The van der Waals surface area contributed by atoms with Gasteiger partial charge in [0.05, 0.1) is 0 Å². The van der Waals surface area contributed by atoms with E-state index in [0.29, 0.717) is 13.0 Å². The number of rotatable bonds is 2. The molecule has 0 aliphatic carbocycles. The van der Waals surface area contributed by atoms with E-state index >= 15 is 0 Å². The summed E-state index contributed by atoms with van der Waals surface area (Å²) in [5, 5.41) is 0. The van der Waals surface area contributed by atoms with E-state index in [1.165, 1.54) is 4.90 Å². The van der Waals surface area contributed by atoms with Gasteiger partial charge >= 0.3 is 6.09 Å². The fourth-order valence-corrected chi connectivity index (χ4v) is 2.06. The lowest BCUT2D eigenvalue weighted by atomic mass is 10.1. The molecule has 1 heterocycles. The normalized spacial score (nSPS) is 18.7. The molecule has 0 N–H and O–H groups in total. The third kappa shape index (κ3) is 4.19. The SMILES string of the molecule is O=C(OCc1ccccc1)N1CCCC(F)(F)CC1. The number of amides is 1. The van der Waals surface area contributed by atoms with Gasteiger partial charge in [0.1, 0.15) is 6.61 Å². The van der Waals surface area contributed by atoms with E-state index in [1.807, 2.05) is 30.3 Å². The molecule has 1 amide bonds. The number of likely N-dealkylation sites (tertiary alicyclic amines) is 1. The second kappa shape index (κ2) is 5.99. The third-order valence-electron chi connectivity index (χ3n) is 3.18. The van der Waals surface area contributed by atoms with E-state index in [-0.39, 0.29) is 26.0 Å². The predicted molar refractivity (Wildman–Crippen MR) is 67.0 cm³/mol. The molecule has 1 saturated heterocycles. The van der Waals surface area contributed by atoms with E-state index in [0.717, 1.165) is 5.56 Å². The molecule has 1 aliphatic rings. The Kier molecular flexibility index (Phi) is 4.35. The molecule has 1 aliphatic heterocycles. The zero-order chi connectivity index (χ0) is 13.7. The molecule has 19 heavy (non-hydrogen) atoms. The molecule has 5 heteroatoms.